The normalized spacial score (nSPS) is 23.2. The van der Waals surface area contributed by atoms with E-state index in [2.05, 4.69) is 42.6 Å². The van der Waals surface area contributed by atoms with Gasteiger partial charge in [-0.15, -0.1) is 10.2 Å². The van der Waals surface area contributed by atoms with E-state index in [9.17, 15) is 0 Å². The lowest BCUT2D eigenvalue weighted by molar-refractivity contribution is 0.353. The molecule has 8 nitrogen and oxygen atoms in total. The van der Waals surface area contributed by atoms with Crippen LogP contribution in [0.5, 0.6) is 5.75 Å². The first-order chi connectivity index (χ1) is 14.2. The minimum absolute atomic E-state index is 0.515. The molecule has 2 bridgehead atoms. The molecule has 3 aromatic heterocycles. The van der Waals surface area contributed by atoms with Gasteiger partial charge in [0.15, 0.2) is 5.82 Å². The second kappa shape index (κ2) is 7.44. The molecule has 0 aliphatic carbocycles. The maximum absolute atomic E-state index is 5.55. The number of aromatic nitrogens is 5. The van der Waals surface area contributed by atoms with Gasteiger partial charge in [-0.25, -0.2) is 0 Å². The fourth-order valence-electron chi connectivity index (χ4n) is 4.54. The first-order valence-electron chi connectivity index (χ1n) is 10.1. The van der Waals surface area contributed by atoms with Crippen LogP contribution in [0.25, 0.3) is 22.5 Å². The van der Waals surface area contributed by atoms with Crippen LogP contribution in [-0.2, 0) is 0 Å². The highest BCUT2D eigenvalue weighted by atomic mass is 16.5. The number of piperidine rings is 1. The number of pyridine rings is 1. The number of rotatable bonds is 5. The van der Waals surface area contributed by atoms with Crippen molar-refractivity contribution >= 4 is 5.82 Å². The van der Waals surface area contributed by atoms with Crippen LogP contribution in [0.4, 0.5) is 5.82 Å². The first kappa shape index (κ1) is 18.1. The van der Waals surface area contributed by atoms with Gasteiger partial charge < -0.3 is 15.0 Å². The third kappa shape index (κ3) is 3.44. The average Bonchev–Trinajstić information content (AvgIpc) is 3.42. The molecule has 0 radical (unpaired) electrons. The molecule has 5 heterocycles. The second-order valence-electron chi connectivity index (χ2n) is 7.91. The summed E-state index contributed by atoms with van der Waals surface area (Å²) in [6, 6.07) is 7.72. The van der Waals surface area contributed by atoms with Gasteiger partial charge in [0.2, 0.25) is 0 Å². The van der Waals surface area contributed by atoms with Gasteiger partial charge in [-0.05, 0) is 37.8 Å². The van der Waals surface area contributed by atoms with Gasteiger partial charge in [0.25, 0.3) is 0 Å². The zero-order valence-corrected chi connectivity index (χ0v) is 16.7. The van der Waals surface area contributed by atoms with Crippen molar-refractivity contribution in [2.45, 2.75) is 43.8 Å². The summed E-state index contributed by atoms with van der Waals surface area (Å²) < 4.78 is 5.55. The molecule has 5 rings (SSSR count). The van der Waals surface area contributed by atoms with E-state index in [-0.39, 0.29) is 0 Å². The molecule has 0 aromatic carbocycles. The summed E-state index contributed by atoms with van der Waals surface area (Å²) in [5.74, 6) is 1.63. The number of methoxy groups -OCH3 is 1. The third-order valence-electron chi connectivity index (χ3n) is 6.17. The summed E-state index contributed by atoms with van der Waals surface area (Å²) in [5.41, 5.74) is 3.27. The van der Waals surface area contributed by atoms with Crippen molar-refractivity contribution in [2.24, 2.45) is 0 Å². The molecule has 3 aromatic rings. The van der Waals surface area contributed by atoms with Crippen molar-refractivity contribution in [1.29, 1.82) is 0 Å². The lowest BCUT2D eigenvalue weighted by atomic mass is 9.98. The monoisotopic (exact) mass is 391 g/mol. The smallest absolute Gasteiger partial charge is 0.151 e. The summed E-state index contributed by atoms with van der Waals surface area (Å²) in [4.78, 5) is 6.84. The number of hydrogen-bond acceptors (Lipinski definition) is 7. The Kier molecular flexibility index (Phi) is 4.63. The number of nitrogens with zero attached hydrogens (tertiary/aromatic N) is 5. The Morgan fingerprint density at radius 3 is 2.55 bits per heavy atom. The van der Waals surface area contributed by atoms with Gasteiger partial charge in [-0.1, -0.05) is 0 Å². The zero-order valence-electron chi connectivity index (χ0n) is 16.7. The standard InChI is InChI=1S/C21H25N7O/c1-28(16-7-14-3-4-15(8-16)25-14)21-6-5-18(26-27-21)19-9-20(29-2)17(12-22-19)13-10-23-24-11-13/h5-6,9-12,14-16,25H,3-4,7-8H2,1-2H3,(H,23,24)/t14-,15+,16-. The van der Waals surface area contributed by atoms with E-state index >= 15 is 0 Å². The molecule has 0 spiro atoms. The van der Waals surface area contributed by atoms with Crippen molar-refractivity contribution in [2.75, 3.05) is 19.1 Å². The number of fused-ring (bicyclic) bond motifs is 2. The van der Waals surface area contributed by atoms with Gasteiger partial charge in [0.05, 0.1) is 19.0 Å². The van der Waals surface area contributed by atoms with Crippen LogP contribution < -0.4 is 15.0 Å². The number of anilines is 1. The highest BCUT2D eigenvalue weighted by molar-refractivity contribution is 5.71. The number of ether oxygens (including phenoxy) is 1. The molecular formula is C21H25N7O. The summed E-state index contributed by atoms with van der Waals surface area (Å²) >= 11 is 0. The molecule has 29 heavy (non-hydrogen) atoms. The molecule has 3 atom stereocenters. The van der Waals surface area contributed by atoms with Crippen molar-refractivity contribution in [3.8, 4) is 28.3 Å². The lowest BCUT2D eigenvalue weighted by Crippen LogP contribution is -2.47. The summed E-state index contributed by atoms with van der Waals surface area (Å²) in [7, 11) is 3.78. The maximum Gasteiger partial charge on any atom is 0.151 e. The van der Waals surface area contributed by atoms with Gasteiger partial charge >= 0.3 is 0 Å². The van der Waals surface area contributed by atoms with Crippen LogP contribution in [0.2, 0.25) is 0 Å². The number of hydrogen-bond donors (Lipinski definition) is 2. The molecule has 2 N–H and O–H groups in total. The molecule has 2 aliphatic rings. The number of aromatic amines is 1. The van der Waals surface area contributed by atoms with Gasteiger partial charge in [-0.2, -0.15) is 5.10 Å². The quantitative estimate of drug-likeness (QED) is 0.691. The van der Waals surface area contributed by atoms with Gasteiger partial charge in [0.1, 0.15) is 11.4 Å². The highest BCUT2D eigenvalue weighted by Crippen LogP contribution is 2.33. The summed E-state index contributed by atoms with van der Waals surface area (Å²) in [6.07, 6.45) is 10.3. The molecule has 0 saturated carbocycles. The van der Waals surface area contributed by atoms with E-state index in [0.29, 0.717) is 18.1 Å². The van der Waals surface area contributed by atoms with Gasteiger partial charge in [-0.3, -0.25) is 10.1 Å². The average molecular weight is 391 g/mol. The van der Waals surface area contributed by atoms with Crippen LogP contribution in [0.1, 0.15) is 25.7 Å². The van der Waals surface area contributed by atoms with Crippen molar-refractivity contribution in [1.82, 2.24) is 30.7 Å². The molecule has 150 valence electrons. The van der Waals surface area contributed by atoms with E-state index in [4.69, 9.17) is 4.74 Å². The van der Waals surface area contributed by atoms with E-state index in [0.717, 1.165) is 34.1 Å². The molecule has 8 heteroatoms. The van der Waals surface area contributed by atoms with E-state index in [1.807, 2.05) is 24.4 Å². The van der Waals surface area contributed by atoms with Gasteiger partial charge in [0, 0.05) is 54.8 Å². The Morgan fingerprint density at radius 1 is 1.07 bits per heavy atom. The molecular weight excluding hydrogens is 366 g/mol. The van der Waals surface area contributed by atoms with E-state index in [1.165, 1.54) is 25.7 Å². The lowest BCUT2D eigenvalue weighted by Gasteiger charge is -2.36. The maximum atomic E-state index is 5.55. The Morgan fingerprint density at radius 2 is 1.90 bits per heavy atom. The fourth-order valence-corrected chi connectivity index (χ4v) is 4.54. The number of H-pyrrole nitrogens is 1. The summed E-state index contributed by atoms with van der Waals surface area (Å²) in [5, 5.41) is 19.4. The summed E-state index contributed by atoms with van der Waals surface area (Å²) in [6.45, 7) is 0. The van der Waals surface area contributed by atoms with Crippen molar-refractivity contribution in [3.05, 3.63) is 36.8 Å². The van der Waals surface area contributed by atoms with Crippen molar-refractivity contribution < 1.29 is 4.74 Å². The minimum atomic E-state index is 0.515. The molecule has 2 aliphatic heterocycles. The number of nitrogens with one attached hydrogen (secondary N) is 2. The Hall–Kier alpha value is -3.00. The molecule has 2 fully saturated rings. The van der Waals surface area contributed by atoms with Crippen LogP contribution in [-0.4, -0.2) is 57.7 Å². The first-order valence-corrected chi connectivity index (χ1v) is 10.1. The predicted octanol–water partition coefficient (Wildman–Crippen LogP) is 2.66. The van der Waals surface area contributed by atoms with Crippen LogP contribution in [0, 0.1) is 0 Å². The van der Waals surface area contributed by atoms with Crippen LogP contribution in [0.15, 0.2) is 36.8 Å². The minimum Gasteiger partial charge on any atom is -0.496 e. The van der Waals surface area contributed by atoms with E-state index in [1.54, 1.807) is 19.5 Å². The SMILES string of the molecule is COc1cc(-c2ccc(N(C)[C@@H]3C[C@H]4CC[C@@H](C3)N4)nn2)ncc1-c1cn[nH]c1. The van der Waals surface area contributed by atoms with Crippen molar-refractivity contribution in [3.63, 3.8) is 0 Å². The molecule has 0 unspecified atom stereocenters. The van der Waals surface area contributed by atoms with Crippen LogP contribution >= 0.6 is 0 Å². The third-order valence-corrected chi connectivity index (χ3v) is 6.17. The fraction of sp³-hybridized carbons (Fsp3) is 0.429. The molecule has 2 saturated heterocycles. The Bertz CT molecular complexity index is 961. The highest BCUT2D eigenvalue weighted by Gasteiger charge is 2.35. The Labute approximate surface area is 169 Å². The zero-order chi connectivity index (χ0) is 19.8. The second-order valence-corrected chi connectivity index (χ2v) is 7.91. The Balaban J connectivity index is 1.36. The topological polar surface area (TPSA) is 91.8 Å². The largest absolute Gasteiger partial charge is 0.496 e. The van der Waals surface area contributed by atoms with E-state index < -0.39 is 0 Å². The predicted molar refractivity (Wildman–Crippen MR) is 111 cm³/mol. The van der Waals surface area contributed by atoms with Crippen LogP contribution in [0.3, 0.4) is 0 Å². The molecule has 0 amide bonds.